The van der Waals surface area contributed by atoms with Crippen molar-refractivity contribution in [1.29, 1.82) is 0 Å². The van der Waals surface area contributed by atoms with Gasteiger partial charge in [-0.25, -0.2) is 5.43 Å². The third kappa shape index (κ3) is 5.79. The first-order valence-corrected chi connectivity index (χ1v) is 11.1. The van der Waals surface area contributed by atoms with Crippen molar-refractivity contribution < 1.29 is 28.9 Å². The lowest BCUT2D eigenvalue weighted by Crippen LogP contribution is -2.32. The molecule has 0 fully saturated rings. The molecule has 1 aliphatic rings. The van der Waals surface area contributed by atoms with Crippen molar-refractivity contribution in [2.45, 2.75) is 0 Å². The molecule has 0 atom stereocenters. The van der Waals surface area contributed by atoms with Crippen LogP contribution in [0.1, 0.15) is 21.5 Å². The smallest absolute Gasteiger partial charge is 0.287 e. The van der Waals surface area contributed by atoms with Crippen LogP contribution >= 0.6 is 15.9 Å². The number of hydrazone groups is 1. The van der Waals surface area contributed by atoms with Crippen LogP contribution in [0, 0.1) is 0 Å². The van der Waals surface area contributed by atoms with Gasteiger partial charge in [-0.3, -0.25) is 9.59 Å². The SMILES string of the molecule is COc1cc(Br)cc(/C=N\NC(=O)/C(=C\c2ccc3c(c2)OCO3)NC(=O)c2ccccc2)c1O. The zero-order chi connectivity index (χ0) is 24.8. The highest BCUT2D eigenvalue weighted by atomic mass is 79.9. The van der Waals surface area contributed by atoms with Crippen LogP contribution in [0.15, 0.2) is 75.9 Å². The molecule has 35 heavy (non-hydrogen) atoms. The quantitative estimate of drug-likeness (QED) is 0.239. The molecule has 0 saturated carbocycles. The number of carbonyl (C=O) groups excluding carboxylic acids is 2. The van der Waals surface area contributed by atoms with E-state index in [9.17, 15) is 14.7 Å². The zero-order valence-electron chi connectivity index (χ0n) is 18.4. The van der Waals surface area contributed by atoms with E-state index in [1.54, 1.807) is 60.7 Å². The molecule has 3 aromatic carbocycles. The third-order valence-corrected chi connectivity index (χ3v) is 5.35. The highest BCUT2D eigenvalue weighted by Gasteiger charge is 2.17. The second kappa shape index (κ2) is 10.7. The Morgan fingerprint density at radius 1 is 1.09 bits per heavy atom. The first-order valence-electron chi connectivity index (χ1n) is 10.3. The first-order chi connectivity index (χ1) is 16.9. The predicted octanol–water partition coefficient (Wildman–Crippen LogP) is 3.81. The Labute approximate surface area is 209 Å². The van der Waals surface area contributed by atoms with Gasteiger partial charge >= 0.3 is 0 Å². The number of hydrogen-bond donors (Lipinski definition) is 3. The van der Waals surface area contributed by atoms with E-state index in [0.29, 0.717) is 32.7 Å². The average molecular weight is 538 g/mol. The summed E-state index contributed by atoms with van der Waals surface area (Å²) in [7, 11) is 1.42. The fourth-order valence-corrected chi connectivity index (χ4v) is 3.64. The van der Waals surface area contributed by atoms with Crippen molar-refractivity contribution in [2.75, 3.05) is 13.9 Å². The molecule has 4 rings (SSSR count). The third-order valence-electron chi connectivity index (χ3n) is 4.90. The maximum atomic E-state index is 13.0. The van der Waals surface area contributed by atoms with Gasteiger partial charge < -0.3 is 24.6 Å². The molecule has 0 aliphatic carbocycles. The Morgan fingerprint density at radius 2 is 1.86 bits per heavy atom. The Bertz CT molecular complexity index is 1320. The van der Waals surface area contributed by atoms with E-state index in [-0.39, 0.29) is 24.0 Å². The summed E-state index contributed by atoms with van der Waals surface area (Å²) in [5, 5.41) is 16.8. The molecule has 9 nitrogen and oxygen atoms in total. The summed E-state index contributed by atoms with van der Waals surface area (Å²) in [5.74, 6) is 0.0870. The summed E-state index contributed by atoms with van der Waals surface area (Å²) in [6.07, 6.45) is 2.75. The van der Waals surface area contributed by atoms with Gasteiger partial charge in [0.05, 0.1) is 13.3 Å². The van der Waals surface area contributed by atoms with Crippen LogP contribution in [-0.4, -0.2) is 37.0 Å². The molecule has 0 bridgehead atoms. The molecule has 1 heterocycles. The van der Waals surface area contributed by atoms with Crippen LogP contribution in [0.4, 0.5) is 0 Å². The minimum atomic E-state index is -0.676. The molecule has 0 radical (unpaired) electrons. The Kier molecular flexibility index (Phi) is 7.32. The number of amides is 2. The maximum Gasteiger partial charge on any atom is 0.287 e. The van der Waals surface area contributed by atoms with Crippen molar-refractivity contribution in [3.8, 4) is 23.0 Å². The van der Waals surface area contributed by atoms with Crippen LogP contribution in [0.5, 0.6) is 23.0 Å². The highest BCUT2D eigenvalue weighted by molar-refractivity contribution is 9.10. The molecule has 0 unspecified atom stereocenters. The van der Waals surface area contributed by atoms with Crippen LogP contribution in [0.3, 0.4) is 0 Å². The van der Waals surface area contributed by atoms with Gasteiger partial charge in [0.1, 0.15) is 5.70 Å². The summed E-state index contributed by atoms with van der Waals surface area (Å²) in [5.41, 5.74) is 3.61. The van der Waals surface area contributed by atoms with Crippen LogP contribution in [0.25, 0.3) is 6.08 Å². The molecule has 3 N–H and O–H groups in total. The summed E-state index contributed by atoms with van der Waals surface area (Å²) >= 11 is 3.32. The number of phenolic OH excluding ortho intramolecular Hbond substituents is 1. The Hall–Kier alpha value is -4.31. The zero-order valence-corrected chi connectivity index (χ0v) is 20.0. The normalized spacial score (nSPS) is 12.5. The van der Waals surface area contributed by atoms with Crippen LogP contribution in [-0.2, 0) is 4.79 Å². The number of nitrogens with zero attached hydrogens (tertiary/aromatic N) is 1. The van der Waals surface area contributed by atoms with Crippen molar-refractivity contribution in [1.82, 2.24) is 10.7 Å². The number of carbonyl (C=O) groups is 2. The van der Waals surface area contributed by atoms with E-state index in [2.05, 4.69) is 31.8 Å². The highest BCUT2D eigenvalue weighted by Crippen LogP contribution is 2.33. The summed E-state index contributed by atoms with van der Waals surface area (Å²) in [6.45, 7) is 0.114. The van der Waals surface area contributed by atoms with Gasteiger partial charge in [-0.05, 0) is 48.0 Å². The maximum absolute atomic E-state index is 13.0. The molecule has 3 aromatic rings. The van der Waals surface area contributed by atoms with Gasteiger partial charge in [-0.15, -0.1) is 0 Å². The molecular weight excluding hydrogens is 518 g/mol. The fourth-order valence-electron chi connectivity index (χ4n) is 3.18. The second-order valence-electron chi connectivity index (χ2n) is 7.24. The van der Waals surface area contributed by atoms with Gasteiger partial charge in [0.25, 0.3) is 11.8 Å². The second-order valence-corrected chi connectivity index (χ2v) is 8.15. The first kappa shape index (κ1) is 23.8. The van der Waals surface area contributed by atoms with Crippen molar-refractivity contribution in [2.24, 2.45) is 5.10 Å². The number of hydrogen-bond acceptors (Lipinski definition) is 7. The largest absolute Gasteiger partial charge is 0.504 e. The van der Waals surface area contributed by atoms with E-state index in [4.69, 9.17) is 14.2 Å². The number of halogens is 1. The number of rotatable bonds is 7. The van der Waals surface area contributed by atoms with Crippen LogP contribution < -0.4 is 25.0 Å². The fraction of sp³-hybridized carbons (Fsp3) is 0.0800. The van der Waals surface area contributed by atoms with Gasteiger partial charge in [0.15, 0.2) is 23.0 Å². The monoisotopic (exact) mass is 537 g/mol. The number of aromatic hydroxyl groups is 1. The minimum absolute atomic E-state index is 0.0501. The molecule has 2 amide bonds. The summed E-state index contributed by atoms with van der Waals surface area (Å²) in [6, 6.07) is 16.8. The van der Waals surface area contributed by atoms with Crippen LogP contribution in [0.2, 0.25) is 0 Å². The van der Waals surface area contributed by atoms with Gasteiger partial charge in [-0.1, -0.05) is 40.2 Å². The van der Waals surface area contributed by atoms with E-state index in [0.717, 1.165) is 0 Å². The Balaban J connectivity index is 1.58. The van der Waals surface area contributed by atoms with Crippen molar-refractivity contribution >= 4 is 40.0 Å². The molecule has 1 aliphatic heterocycles. The lowest BCUT2D eigenvalue weighted by molar-refractivity contribution is -0.117. The van der Waals surface area contributed by atoms with E-state index in [1.807, 2.05) is 0 Å². The Morgan fingerprint density at radius 3 is 2.63 bits per heavy atom. The molecule has 178 valence electrons. The molecular formula is C25H20BrN3O6. The van der Waals surface area contributed by atoms with E-state index < -0.39 is 11.8 Å². The van der Waals surface area contributed by atoms with Gasteiger partial charge in [0.2, 0.25) is 6.79 Å². The number of fused-ring (bicyclic) bond motifs is 1. The number of benzene rings is 3. The lowest BCUT2D eigenvalue weighted by atomic mass is 10.1. The number of methoxy groups -OCH3 is 1. The lowest BCUT2D eigenvalue weighted by Gasteiger charge is -2.10. The van der Waals surface area contributed by atoms with Crippen molar-refractivity contribution in [3.05, 3.63) is 87.5 Å². The molecule has 0 aromatic heterocycles. The summed E-state index contributed by atoms with van der Waals surface area (Å²) in [4.78, 5) is 25.7. The van der Waals surface area contributed by atoms with Gasteiger partial charge in [-0.2, -0.15) is 5.10 Å². The van der Waals surface area contributed by atoms with E-state index >= 15 is 0 Å². The predicted molar refractivity (Wildman–Crippen MR) is 133 cm³/mol. The van der Waals surface area contributed by atoms with Crippen molar-refractivity contribution in [3.63, 3.8) is 0 Å². The minimum Gasteiger partial charge on any atom is -0.504 e. The molecule has 0 saturated heterocycles. The van der Waals surface area contributed by atoms with Gasteiger partial charge in [0, 0.05) is 15.6 Å². The topological polar surface area (TPSA) is 118 Å². The molecule has 10 heteroatoms. The average Bonchev–Trinajstić information content (AvgIpc) is 3.33. The number of nitrogens with one attached hydrogen (secondary N) is 2. The number of ether oxygens (including phenoxy) is 3. The summed E-state index contributed by atoms with van der Waals surface area (Å²) < 4.78 is 16.5. The molecule has 0 spiro atoms. The van der Waals surface area contributed by atoms with E-state index in [1.165, 1.54) is 19.4 Å². The standard InChI is InChI=1S/C25H20BrN3O6/c1-33-22-12-18(26)11-17(23(22)30)13-27-29-25(32)19(28-24(31)16-5-3-2-4-6-16)9-15-7-8-20-21(10-15)35-14-34-20/h2-13,30H,14H2,1H3,(H,28,31)(H,29,32)/b19-9+,27-13-. The number of phenols is 1.